The zero-order valence-electron chi connectivity index (χ0n) is 11.0. The lowest BCUT2D eigenvalue weighted by molar-refractivity contribution is 0.0724. The van der Waals surface area contributed by atoms with E-state index in [0.29, 0.717) is 17.0 Å². The van der Waals surface area contributed by atoms with E-state index in [1.54, 1.807) is 36.9 Å². The highest BCUT2D eigenvalue weighted by Crippen LogP contribution is 2.13. The van der Waals surface area contributed by atoms with E-state index in [2.05, 4.69) is 5.32 Å². The Balaban J connectivity index is 2.66. The fourth-order valence-electron chi connectivity index (χ4n) is 1.67. The Bertz CT molecular complexity index is 433. The molecule has 1 amide bonds. The summed E-state index contributed by atoms with van der Waals surface area (Å²) in [4.78, 5) is 12.0. The molecular formula is C13H20N2O2S. The molecule has 4 nitrogen and oxygen atoms in total. The number of hydrogen-bond acceptors (Lipinski definition) is 4. The van der Waals surface area contributed by atoms with Gasteiger partial charge in [0.05, 0.1) is 5.60 Å². The molecule has 0 aliphatic carbocycles. The van der Waals surface area contributed by atoms with Crippen molar-refractivity contribution in [1.29, 1.82) is 0 Å². The lowest BCUT2D eigenvalue weighted by Gasteiger charge is -2.22. The second-order valence-corrected chi connectivity index (χ2v) is 5.55. The maximum absolute atomic E-state index is 12.0. The molecule has 0 fully saturated rings. The molecule has 1 unspecified atom stereocenters. The third-order valence-corrected chi connectivity index (χ3v) is 3.49. The smallest absolute Gasteiger partial charge is 0.251 e. The third-order valence-electron chi connectivity index (χ3n) is 2.58. The Kier molecular flexibility index (Phi) is 5.04. The van der Waals surface area contributed by atoms with Crippen LogP contribution in [0.5, 0.6) is 0 Å². The van der Waals surface area contributed by atoms with E-state index >= 15 is 0 Å². The standard InChI is InChI=1S/C13H20N2O2S/c1-9-6-10(14)4-5-11(9)12(16)15-7-13(2,17)8-18-3/h4-6,17H,7-8,14H2,1-3H3,(H,15,16). The van der Waals surface area contributed by atoms with Gasteiger partial charge in [-0.15, -0.1) is 0 Å². The second kappa shape index (κ2) is 6.11. The van der Waals surface area contributed by atoms with Crippen LogP contribution in [0.1, 0.15) is 22.8 Å². The Hall–Kier alpha value is -1.20. The van der Waals surface area contributed by atoms with Gasteiger partial charge in [0, 0.05) is 23.5 Å². The summed E-state index contributed by atoms with van der Waals surface area (Å²) in [5.41, 5.74) is 6.80. The summed E-state index contributed by atoms with van der Waals surface area (Å²) < 4.78 is 0. The van der Waals surface area contributed by atoms with Crippen LogP contribution in [0.3, 0.4) is 0 Å². The number of carbonyl (C=O) groups excluding carboxylic acids is 1. The molecule has 4 N–H and O–H groups in total. The van der Waals surface area contributed by atoms with E-state index < -0.39 is 5.60 Å². The predicted octanol–water partition coefficient (Wildman–Crippen LogP) is 1.42. The summed E-state index contributed by atoms with van der Waals surface area (Å²) in [6.45, 7) is 3.78. The lowest BCUT2D eigenvalue weighted by Crippen LogP contribution is -2.42. The molecule has 1 rings (SSSR count). The van der Waals surface area contributed by atoms with Gasteiger partial charge >= 0.3 is 0 Å². The number of rotatable bonds is 5. The first-order chi connectivity index (χ1) is 8.35. The van der Waals surface area contributed by atoms with Gasteiger partial charge in [0.2, 0.25) is 0 Å². The van der Waals surface area contributed by atoms with Gasteiger partial charge in [-0.2, -0.15) is 11.8 Å². The van der Waals surface area contributed by atoms with Crippen LogP contribution >= 0.6 is 11.8 Å². The molecule has 18 heavy (non-hydrogen) atoms. The van der Waals surface area contributed by atoms with Crippen LogP contribution < -0.4 is 11.1 Å². The summed E-state index contributed by atoms with van der Waals surface area (Å²) in [7, 11) is 0. The van der Waals surface area contributed by atoms with Gasteiger partial charge < -0.3 is 16.2 Å². The van der Waals surface area contributed by atoms with E-state index in [1.165, 1.54) is 0 Å². The molecule has 0 radical (unpaired) electrons. The number of thioether (sulfide) groups is 1. The zero-order valence-corrected chi connectivity index (χ0v) is 11.8. The Morgan fingerprint density at radius 3 is 2.78 bits per heavy atom. The van der Waals surface area contributed by atoms with Crippen molar-refractivity contribution in [2.45, 2.75) is 19.4 Å². The van der Waals surface area contributed by atoms with E-state index in [1.807, 2.05) is 13.2 Å². The van der Waals surface area contributed by atoms with Crippen molar-refractivity contribution < 1.29 is 9.90 Å². The molecule has 5 heteroatoms. The first-order valence-corrected chi connectivity index (χ1v) is 7.11. The highest BCUT2D eigenvalue weighted by molar-refractivity contribution is 7.98. The van der Waals surface area contributed by atoms with E-state index in [0.717, 1.165) is 5.56 Å². The highest BCUT2D eigenvalue weighted by Gasteiger charge is 2.21. The minimum atomic E-state index is -0.892. The fraction of sp³-hybridized carbons (Fsp3) is 0.462. The average Bonchev–Trinajstić information content (AvgIpc) is 2.26. The number of aliphatic hydroxyl groups is 1. The van der Waals surface area contributed by atoms with Crippen LogP contribution in [0.15, 0.2) is 18.2 Å². The van der Waals surface area contributed by atoms with Crippen molar-refractivity contribution >= 4 is 23.4 Å². The minimum absolute atomic E-state index is 0.186. The third kappa shape index (κ3) is 4.23. The first-order valence-electron chi connectivity index (χ1n) is 5.71. The number of aryl methyl sites for hydroxylation is 1. The number of nitrogens with one attached hydrogen (secondary N) is 1. The largest absolute Gasteiger partial charge is 0.399 e. The van der Waals surface area contributed by atoms with Gasteiger partial charge in [-0.1, -0.05) is 0 Å². The Morgan fingerprint density at radius 2 is 2.22 bits per heavy atom. The van der Waals surface area contributed by atoms with Gasteiger partial charge in [-0.25, -0.2) is 0 Å². The monoisotopic (exact) mass is 268 g/mol. The Morgan fingerprint density at radius 1 is 1.56 bits per heavy atom. The number of carbonyl (C=O) groups is 1. The van der Waals surface area contributed by atoms with Gasteiger partial charge in [0.15, 0.2) is 0 Å². The van der Waals surface area contributed by atoms with Crippen LogP contribution in [0.25, 0.3) is 0 Å². The van der Waals surface area contributed by atoms with E-state index in [4.69, 9.17) is 5.73 Å². The molecule has 0 aliphatic rings. The molecule has 100 valence electrons. The molecule has 0 bridgehead atoms. The normalized spacial score (nSPS) is 14.0. The number of benzene rings is 1. The first kappa shape index (κ1) is 14.9. The summed E-state index contributed by atoms with van der Waals surface area (Å²) in [6.07, 6.45) is 1.92. The zero-order chi connectivity index (χ0) is 13.8. The summed E-state index contributed by atoms with van der Waals surface area (Å²) >= 11 is 1.54. The van der Waals surface area contributed by atoms with Crippen LogP contribution in [0.4, 0.5) is 5.69 Å². The summed E-state index contributed by atoms with van der Waals surface area (Å²) in [6, 6.07) is 5.15. The lowest BCUT2D eigenvalue weighted by atomic mass is 10.1. The maximum Gasteiger partial charge on any atom is 0.251 e. The fourth-order valence-corrected chi connectivity index (χ4v) is 2.39. The maximum atomic E-state index is 12.0. The molecule has 1 aromatic rings. The van der Waals surface area contributed by atoms with E-state index in [9.17, 15) is 9.90 Å². The molecule has 1 aromatic carbocycles. The number of amides is 1. The van der Waals surface area contributed by atoms with Crippen molar-refractivity contribution in [3.63, 3.8) is 0 Å². The van der Waals surface area contributed by atoms with Crippen molar-refractivity contribution in [2.75, 3.05) is 24.3 Å². The molecule has 0 spiro atoms. The molecule has 0 aromatic heterocycles. The number of nitrogens with two attached hydrogens (primary N) is 1. The van der Waals surface area contributed by atoms with Crippen LogP contribution in [0, 0.1) is 6.92 Å². The predicted molar refractivity (Wildman–Crippen MR) is 76.9 cm³/mol. The van der Waals surface area contributed by atoms with Crippen molar-refractivity contribution in [3.8, 4) is 0 Å². The number of hydrogen-bond donors (Lipinski definition) is 3. The molecular weight excluding hydrogens is 248 g/mol. The Labute approximate surface area is 112 Å². The minimum Gasteiger partial charge on any atom is -0.399 e. The topological polar surface area (TPSA) is 75.3 Å². The molecule has 0 heterocycles. The van der Waals surface area contributed by atoms with Gasteiger partial charge in [0.1, 0.15) is 0 Å². The number of nitrogen functional groups attached to an aromatic ring is 1. The highest BCUT2D eigenvalue weighted by atomic mass is 32.2. The average molecular weight is 268 g/mol. The molecule has 0 aliphatic heterocycles. The molecule has 1 atom stereocenters. The van der Waals surface area contributed by atoms with Gasteiger partial charge in [-0.3, -0.25) is 4.79 Å². The number of anilines is 1. The summed E-state index contributed by atoms with van der Waals surface area (Å²) in [5.74, 6) is 0.391. The van der Waals surface area contributed by atoms with Crippen LogP contribution in [0.2, 0.25) is 0 Å². The summed E-state index contributed by atoms with van der Waals surface area (Å²) in [5, 5.41) is 12.7. The molecule has 0 saturated heterocycles. The van der Waals surface area contributed by atoms with Crippen LogP contribution in [-0.4, -0.2) is 35.2 Å². The SMILES string of the molecule is CSCC(C)(O)CNC(=O)c1ccc(N)cc1C. The van der Waals surface area contributed by atoms with Gasteiger partial charge in [-0.05, 0) is 43.9 Å². The van der Waals surface area contributed by atoms with E-state index in [-0.39, 0.29) is 12.5 Å². The van der Waals surface area contributed by atoms with Crippen LogP contribution in [-0.2, 0) is 0 Å². The van der Waals surface area contributed by atoms with Gasteiger partial charge in [0.25, 0.3) is 5.91 Å². The van der Waals surface area contributed by atoms with Crippen molar-refractivity contribution in [1.82, 2.24) is 5.32 Å². The second-order valence-electron chi connectivity index (χ2n) is 4.69. The molecule has 0 saturated carbocycles. The van der Waals surface area contributed by atoms with Crippen molar-refractivity contribution in [3.05, 3.63) is 29.3 Å². The van der Waals surface area contributed by atoms with Crippen molar-refractivity contribution in [2.24, 2.45) is 0 Å². The quantitative estimate of drug-likeness (QED) is 0.706.